The fraction of sp³-hybridized carbons (Fsp3) is 0.267. The van der Waals surface area contributed by atoms with Crippen molar-refractivity contribution in [3.63, 3.8) is 0 Å². The first-order valence-corrected chi connectivity index (χ1v) is 5.90. The van der Waals surface area contributed by atoms with Gasteiger partial charge in [-0.05, 0) is 23.6 Å². The molecule has 19 heavy (non-hydrogen) atoms. The molecule has 4 heteroatoms. The SMILES string of the molecule is COC(=O)Cc1ccc2cc(OC)ccc2c1OC. The number of rotatable bonds is 4. The van der Waals surface area contributed by atoms with Gasteiger partial charge in [-0.2, -0.15) is 0 Å². The molecule has 0 unspecified atom stereocenters. The third-order valence-electron chi connectivity index (χ3n) is 3.03. The van der Waals surface area contributed by atoms with Crippen molar-refractivity contribution in [2.24, 2.45) is 0 Å². The number of carbonyl (C=O) groups is 1. The van der Waals surface area contributed by atoms with E-state index in [9.17, 15) is 4.79 Å². The third kappa shape index (κ3) is 2.62. The highest BCUT2D eigenvalue weighted by Crippen LogP contribution is 2.32. The molecule has 0 aliphatic rings. The molecule has 0 aliphatic heterocycles. The second-order valence-corrected chi connectivity index (χ2v) is 4.10. The Morgan fingerprint density at radius 2 is 1.84 bits per heavy atom. The monoisotopic (exact) mass is 260 g/mol. The maximum Gasteiger partial charge on any atom is 0.310 e. The topological polar surface area (TPSA) is 44.8 Å². The zero-order valence-electron chi connectivity index (χ0n) is 11.2. The van der Waals surface area contributed by atoms with Gasteiger partial charge in [0, 0.05) is 10.9 Å². The highest BCUT2D eigenvalue weighted by atomic mass is 16.5. The maximum absolute atomic E-state index is 11.4. The number of ether oxygens (including phenoxy) is 3. The Hall–Kier alpha value is -2.23. The maximum atomic E-state index is 11.4. The zero-order chi connectivity index (χ0) is 13.8. The number of methoxy groups -OCH3 is 3. The van der Waals surface area contributed by atoms with Crippen LogP contribution in [0.25, 0.3) is 10.8 Å². The molecule has 0 saturated carbocycles. The van der Waals surface area contributed by atoms with E-state index in [4.69, 9.17) is 9.47 Å². The smallest absolute Gasteiger partial charge is 0.310 e. The Bertz CT molecular complexity index is 604. The largest absolute Gasteiger partial charge is 0.497 e. The minimum Gasteiger partial charge on any atom is -0.497 e. The number of hydrogen-bond donors (Lipinski definition) is 0. The van der Waals surface area contributed by atoms with Crippen LogP contribution in [0.1, 0.15) is 5.56 Å². The van der Waals surface area contributed by atoms with E-state index in [-0.39, 0.29) is 12.4 Å². The molecule has 0 aliphatic carbocycles. The van der Waals surface area contributed by atoms with Crippen LogP contribution in [0.3, 0.4) is 0 Å². The van der Waals surface area contributed by atoms with Crippen LogP contribution in [0.15, 0.2) is 30.3 Å². The lowest BCUT2D eigenvalue weighted by Crippen LogP contribution is -2.06. The standard InChI is InChI=1S/C15H16O4/c1-17-12-6-7-13-10(8-12)4-5-11(15(13)19-3)9-14(16)18-2/h4-8H,9H2,1-3H3. The van der Waals surface area contributed by atoms with Gasteiger partial charge in [-0.25, -0.2) is 0 Å². The summed E-state index contributed by atoms with van der Waals surface area (Å²) in [7, 11) is 4.60. The molecule has 0 bridgehead atoms. The number of fused-ring (bicyclic) bond motifs is 1. The number of carbonyl (C=O) groups excluding carboxylic acids is 1. The van der Waals surface area contributed by atoms with Crippen LogP contribution >= 0.6 is 0 Å². The van der Waals surface area contributed by atoms with Crippen molar-refractivity contribution in [2.75, 3.05) is 21.3 Å². The minimum atomic E-state index is -0.286. The molecule has 0 N–H and O–H groups in total. The number of hydrogen-bond acceptors (Lipinski definition) is 4. The van der Waals surface area contributed by atoms with Crippen LogP contribution in [-0.4, -0.2) is 27.3 Å². The zero-order valence-corrected chi connectivity index (χ0v) is 11.2. The predicted octanol–water partition coefficient (Wildman–Crippen LogP) is 2.57. The first kappa shape index (κ1) is 13.2. The van der Waals surface area contributed by atoms with Crippen molar-refractivity contribution in [2.45, 2.75) is 6.42 Å². The van der Waals surface area contributed by atoms with Crippen molar-refractivity contribution in [1.29, 1.82) is 0 Å². The lowest BCUT2D eigenvalue weighted by Gasteiger charge is -2.12. The molecule has 2 rings (SSSR count). The molecule has 2 aromatic carbocycles. The Balaban J connectivity index is 2.53. The van der Waals surface area contributed by atoms with Gasteiger partial charge in [0.05, 0.1) is 27.8 Å². The number of benzene rings is 2. The summed E-state index contributed by atoms with van der Waals surface area (Å²) in [6.45, 7) is 0. The van der Waals surface area contributed by atoms with Gasteiger partial charge in [0.25, 0.3) is 0 Å². The fourth-order valence-corrected chi connectivity index (χ4v) is 2.06. The average Bonchev–Trinajstić information content (AvgIpc) is 2.46. The molecular formula is C15H16O4. The predicted molar refractivity (Wildman–Crippen MR) is 72.8 cm³/mol. The lowest BCUT2D eigenvalue weighted by molar-refractivity contribution is -0.139. The molecule has 0 spiro atoms. The van der Waals surface area contributed by atoms with Crippen molar-refractivity contribution in [1.82, 2.24) is 0 Å². The summed E-state index contributed by atoms with van der Waals surface area (Å²) in [5.41, 5.74) is 0.812. The molecule has 4 nitrogen and oxygen atoms in total. The van der Waals surface area contributed by atoms with Crippen molar-refractivity contribution in [3.8, 4) is 11.5 Å². The molecule has 0 fully saturated rings. The molecule has 0 radical (unpaired) electrons. The lowest BCUT2D eigenvalue weighted by atomic mass is 10.0. The molecule has 0 aromatic heterocycles. The highest BCUT2D eigenvalue weighted by molar-refractivity contribution is 5.91. The summed E-state index contributed by atoms with van der Waals surface area (Å²) >= 11 is 0. The van der Waals surface area contributed by atoms with Gasteiger partial charge < -0.3 is 14.2 Å². The van der Waals surface area contributed by atoms with Crippen LogP contribution in [-0.2, 0) is 16.0 Å². The molecular weight excluding hydrogens is 244 g/mol. The molecule has 0 heterocycles. The van der Waals surface area contributed by atoms with Gasteiger partial charge in [0.15, 0.2) is 0 Å². The molecule has 0 saturated heterocycles. The Morgan fingerprint density at radius 1 is 1.05 bits per heavy atom. The molecule has 0 amide bonds. The van der Waals surface area contributed by atoms with Gasteiger partial charge in [0.1, 0.15) is 11.5 Å². The summed E-state index contributed by atoms with van der Waals surface area (Å²) in [4.78, 5) is 11.4. The van der Waals surface area contributed by atoms with Crippen LogP contribution in [0.5, 0.6) is 11.5 Å². The summed E-state index contributed by atoms with van der Waals surface area (Å²) in [6, 6.07) is 9.54. The minimum absolute atomic E-state index is 0.196. The first-order chi connectivity index (χ1) is 9.19. The van der Waals surface area contributed by atoms with E-state index in [2.05, 4.69) is 4.74 Å². The summed E-state index contributed by atoms with van der Waals surface area (Å²) < 4.78 is 15.3. The second-order valence-electron chi connectivity index (χ2n) is 4.10. The summed E-state index contributed by atoms with van der Waals surface area (Å²) in [5, 5.41) is 1.95. The van der Waals surface area contributed by atoms with Gasteiger partial charge in [-0.1, -0.05) is 12.1 Å². The average molecular weight is 260 g/mol. The van der Waals surface area contributed by atoms with E-state index >= 15 is 0 Å². The van der Waals surface area contributed by atoms with Crippen molar-refractivity contribution >= 4 is 16.7 Å². The quantitative estimate of drug-likeness (QED) is 0.792. The highest BCUT2D eigenvalue weighted by Gasteiger charge is 2.12. The molecule has 100 valence electrons. The molecule has 2 aromatic rings. The van der Waals surface area contributed by atoms with Gasteiger partial charge in [-0.15, -0.1) is 0 Å². The van der Waals surface area contributed by atoms with Crippen molar-refractivity contribution < 1.29 is 19.0 Å². The Kier molecular flexibility index (Phi) is 3.90. The normalized spacial score (nSPS) is 10.3. The van der Waals surface area contributed by atoms with Gasteiger partial charge in [-0.3, -0.25) is 4.79 Å². The van der Waals surface area contributed by atoms with Crippen LogP contribution in [0, 0.1) is 0 Å². The van der Waals surface area contributed by atoms with Crippen LogP contribution in [0.2, 0.25) is 0 Å². The second kappa shape index (κ2) is 5.61. The van der Waals surface area contributed by atoms with E-state index in [0.717, 1.165) is 22.1 Å². The van der Waals surface area contributed by atoms with E-state index in [1.54, 1.807) is 14.2 Å². The van der Waals surface area contributed by atoms with E-state index in [1.165, 1.54) is 7.11 Å². The first-order valence-electron chi connectivity index (χ1n) is 5.90. The van der Waals surface area contributed by atoms with E-state index in [0.29, 0.717) is 5.75 Å². The van der Waals surface area contributed by atoms with E-state index < -0.39 is 0 Å². The Morgan fingerprint density at radius 3 is 2.47 bits per heavy atom. The fourth-order valence-electron chi connectivity index (χ4n) is 2.06. The third-order valence-corrected chi connectivity index (χ3v) is 3.03. The summed E-state index contributed by atoms with van der Waals surface area (Å²) in [6.07, 6.45) is 0.196. The van der Waals surface area contributed by atoms with Crippen LogP contribution < -0.4 is 9.47 Å². The van der Waals surface area contributed by atoms with E-state index in [1.807, 2.05) is 30.3 Å². The van der Waals surface area contributed by atoms with Gasteiger partial charge >= 0.3 is 5.97 Å². The number of esters is 1. The van der Waals surface area contributed by atoms with Crippen LogP contribution in [0.4, 0.5) is 0 Å². The Labute approximate surface area is 111 Å². The van der Waals surface area contributed by atoms with Gasteiger partial charge in [0.2, 0.25) is 0 Å². The molecule has 0 atom stereocenters. The van der Waals surface area contributed by atoms with Crippen molar-refractivity contribution in [3.05, 3.63) is 35.9 Å². The summed E-state index contributed by atoms with van der Waals surface area (Å²) in [5.74, 6) is 1.20.